The zero-order chi connectivity index (χ0) is 20.3. The average molecular weight is 388 g/mol. The molecule has 0 aliphatic heterocycles. The van der Waals surface area contributed by atoms with Crippen molar-refractivity contribution < 1.29 is 23.0 Å². The first kappa shape index (κ1) is 19.6. The first-order valence-corrected chi connectivity index (χ1v) is 8.51. The molecule has 1 aromatic heterocycles. The first-order valence-electron chi connectivity index (χ1n) is 8.51. The maximum atomic E-state index is 12.2. The largest absolute Gasteiger partial charge is 0.573 e. The van der Waals surface area contributed by atoms with Gasteiger partial charge in [0.25, 0.3) is 0 Å². The van der Waals surface area contributed by atoms with Crippen LogP contribution in [0.2, 0.25) is 0 Å². The number of halogens is 3. The minimum atomic E-state index is -4.72. The predicted molar refractivity (Wildman–Crippen MR) is 101 cm³/mol. The quantitative estimate of drug-likeness (QED) is 0.681. The molecule has 4 nitrogen and oxygen atoms in total. The van der Waals surface area contributed by atoms with Gasteiger partial charge in [0.05, 0.1) is 13.1 Å². The van der Waals surface area contributed by atoms with Crippen molar-refractivity contribution >= 4 is 10.8 Å². The Bertz CT molecular complexity index is 1030. The van der Waals surface area contributed by atoms with Crippen molar-refractivity contribution in [1.29, 1.82) is 0 Å². The number of hydrogen-bond donors (Lipinski definition) is 1. The van der Waals surface area contributed by atoms with Crippen molar-refractivity contribution in [2.24, 2.45) is 0 Å². The minimum Gasteiger partial charge on any atom is -0.494 e. The van der Waals surface area contributed by atoms with E-state index in [1.54, 1.807) is 16.8 Å². The van der Waals surface area contributed by atoms with E-state index in [4.69, 9.17) is 0 Å². The highest BCUT2D eigenvalue weighted by Crippen LogP contribution is 2.29. The van der Waals surface area contributed by atoms with Gasteiger partial charge < -0.3 is 14.4 Å². The molecule has 0 fully saturated rings. The highest BCUT2D eigenvalue weighted by Gasteiger charge is 2.30. The molecule has 1 N–H and O–H groups in total. The summed E-state index contributed by atoms with van der Waals surface area (Å²) in [7, 11) is 3.88. The van der Waals surface area contributed by atoms with Crippen LogP contribution < -0.4 is 4.74 Å². The zero-order valence-electron chi connectivity index (χ0n) is 15.4. The van der Waals surface area contributed by atoms with Crippen LogP contribution >= 0.6 is 0 Å². The Hall–Kier alpha value is -3.11. The van der Waals surface area contributed by atoms with Crippen LogP contribution in [0.1, 0.15) is 11.1 Å². The Kier molecular flexibility index (Phi) is 5.52. The van der Waals surface area contributed by atoms with Crippen LogP contribution in [0.5, 0.6) is 11.6 Å². The second-order valence-electron chi connectivity index (χ2n) is 6.61. The normalized spacial score (nSPS) is 11.5. The Morgan fingerprint density at radius 3 is 2.46 bits per heavy atom. The summed E-state index contributed by atoms with van der Waals surface area (Å²) in [6.07, 6.45) is -2.92. The summed E-state index contributed by atoms with van der Waals surface area (Å²) in [5, 5.41) is 12.0. The van der Waals surface area contributed by atoms with E-state index in [2.05, 4.69) is 16.6 Å². The molecule has 0 spiro atoms. The Morgan fingerprint density at radius 2 is 1.82 bits per heavy atom. The molecule has 0 atom stereocenters. The Labute approximate surface area is 160 Å². The lowest BCUT2D eigenvalue weighted by Crippen LogP contribution is -2.17. The van der Waals surface area contributed by atoms with Crippen molar-refractivity contribution in [3.63, 3.8) is 0 Å². The van der Waals surface area contributed by atoms with Crippen LogP contribution in [-0.4, -0.2) is 41.6 Å². The number of aromatic hydroxyl groups is 1. The zero-order valence-corrected chi connectivity index (χ0v) is 15.4. The molecule has 0 radical (unpaired) electrons. The highest BCUT2D eigenvalue weighted by atomic mass is 19.4. The molecule has 146 valence electrons. The molecule has 0 saturated heterocycles. The molecule has 0 bridgehead atoms. The second-order valence-corrected chi connectivity index (χ2v) is 6.61. The number of nitrogens with zero attached hydrogens (tertiary/aromatic N) is 2. The molecule has 0 aliphatic carbocycles. The second kappa shape index (κ2) is 7.87. The predicted octanol–water partition coefficient (Wildman–Crippen LogP) is 4.21. The van der Waals surface area contributed by atoms with Crippen LogP contribution in [0, 0.1) is 11.8 Å². The van der Waals surface area contributed by atoms with Crippen LogP contribution in [0.25, 0.3) is 10.8 Å². The molecule has 0 aliphatic rings. The Morgan fingerprint density at radius 1 is 1.11 bits per heavy atom. The summed E-state index contributed by atoms with van der Waals surface area (Å²) in [4.78, 5) is 1.97. The fourth-order valence-electron chi connectivity index (χ4n) is 2.75. The standard InChI is InChI=1S/C21H19F3N2O2/c1-25(2)11-3-4-15-7-10-19-17(12-15)14-26(20(19)27)13-16-5-8-18(9-6-16)28-21(22,23)24/h5-10,12,14,27H,11,13H2,1-2H3. The van der Waals surface area contributed by atoms with E-state index in [0.29, 0.717) is 18.5 Å². The van der Waals surface area contributed by atoms with Gasteiger partial charge in [-0.3, -0.25) is 4.90 Å². The van der Waals surface area contributed by atoms with Gasteiger partial charge in [-0.15, -0.1) is 13.2 Å². The third-order valence-electron chi connectivity index (χ3n) is 4.00. The van der Waals surface area contributed by atoms with Gasteiger partial charge in [-0.25, -0.2) is 0 Å². The summed E-state index contributed by atoms with van der Waals surface area (Å²) >= 11 is 0. The smallest absolute Gasteiger partial charge is 0.494 e. The van der Waals surface area contributed by atoms with Crippen molar-refractivity contribution in [2.45, 2.75) is 12.9 Å². The lowest BCUT2D eigenvalue weighted by Gasteiger charge is -2.10. The van der Waals surface area contributed by atoms with Gasteiger partial charge in [0.1, 0.15) is 5.75 Å². The molecule has 1 heterocycles. The van der Waals surface area contributed by atoms with Gasteiger partial charge in [-0.2, -0.15) is 0 Å². The highest BCUT2D eigenvalue weighted by molar-refractivity contribution is 5.89. The number of rotatable bonds is 4. The molecular formula is C21H19F3N2O2. The molecule has 2 aromatic carbocycles. The lowest BCUT2D eigenvalue weighted by molar-refractivity contribution is -0.274. The van der Waals surface area contributed by atoms with E-state index in [1.165, 1.54) is 24.3 Å². The summed E-state index contributed by atoms with van der Waals surface area (Å²) < 4.78 is 42.2. The molecular weight excluding hydrogens is 369 g/mol. The third-order valence-corrected chi connectivity index (χ3v) is 4.00. The number of fused-ring (bicyclic) bond motifs is 1. The number of hydrogen-bond acceptors (Lipinski definition) is 3. The van der Waals surface area contributed by atoms with E-state index in [-0.39, 0.29) is 11.6 Å². The maximum absolute atomic E-state index is 12.2. The molecule has 7 heteroatoms. The molecule has 0 amide bonds. The molecule has 28 heavy (non-hydrogen) atoms. The van der Waals surface area contributed by atoms with E-state index in [0.717, 1.165) is 16.5 Å². The summed E-state index contributed by atoms with van der Waals surface area (Å²) in [5.41, 5.74) is 1.58. The minimum absolute atomic E-state index is 0.0958. The SMILES string of the molecule is CN(C)CC#Cc1ccc2c(O)n(Cc3ccc(OC(F)(F)F)cc3)cc2c1. The monoisotopic (exact) mass is 388 g/mol. The van der Waals surface area contributed by atoms with E-state index in [9.17, 15) is 18.3 Å². The number of benzene rings is 2. The topological polar surface area (TPSA) is 37.6 Å². The Balaban J connectivity index is 1.79. The summed E-state index contributed by atoms with van der Waals surface area (Å²) in [6.45, 7) is 0.965. The van der Waals surface area contributed by atoms with E-state index in [1.807, 2.05) is 31.1 Å². The first-order chi connectivity index (χ1) is 13.2. The molecule has 0 saturated carbocycles. The van der Waals surface area contributed by atoms with Gasteiger partial charge in [0.15, 0.2) is 5.88 Å². The van der Waals surface area contributed by atoms with Gasteiger partial charge in [-0.05, 0) is 50.0 Å². The van der Waals surface area contributed by atoms with Gasteiger partial charge in [0, 0.05) is 22.5 Å². The number of ether oxygens (including phenoxy) is 1. The van der Waals surface area contributed by atoms with E-state index >= 15 is 0 Å². The van der Waals surface area contributed by atoms with Crippen molar-refractivity contribution in [1.82, 2.24) is 9.47 Å². The fourth-order valence-corrected chi connectivity index (χ4v) is 2.75. The lowest BCUT2D eigenvalue weighted by atomic mass is 10.1. The van der Waals surface area contributed by atoms with Gasteiger partial charge in [0.2, 0.25) is 0 Å². The molecule has 3 aromatic rings. The van der Waals surface area contributed by atoms with Crippen molar-refractivity contribution in [2.75, 3.05) is 20.6 Å². The molecule has 0 unspecified atom stereocenters. The van der Waals surface area contributed by atoms with E-state index < -0.39 is 6.36 Å². The summed E-state index contributed by atoms with van der Waals surface area (Å²) in [5.74, 6) is 5.96. The van der Waals surface area contributed by atoms with Crippen LogP contribution in [0.4, 0.5) is 13.2 Å². The fraction of sp³-hybridized carbons (Fsp3) is 0.238. The van der Waals surface area contributed by atoms with Crippen LogP contribution in [0.3, 0.4) is 0 Å². The average Bonchev–Trinajstić information content (AvgIpc) is 2.90. The maximum Gasteiger partial charge on any atom is 0.573 e. The third kappa shape index (κ3) is 4.99. The molecule has 3 rings (SSSR count). The van der Waals surface area contributed by atoms with Crippen LogP contribution in [0.15, 0.2) is 48.7 Å². The van der Waals surface area contributed by atoms with Crippen molar-refractivity contribution in [3.05, 3.63) is 59.8 Å². The van der Waals surface area contributed by atoms with Crippen LogP contribution in [-0.2, 0) is 6.54 Å². The van der Waals surface area contributed by atoms with Gasteiger partial charge >= 0.3 is 6.36 Å². The summed E-state index contributed by atoms with van der Waals surface area (Å²) in [6, 6.07) is 11.1. The van der Waals surface area contributed by atoms with Gasteiger partial charge in [-0.1, -0.05) is 24.0 Å². The number of alkyl halides is 3. The number of aromatic nitrogens is 1. The van der Waals surface area contributed by atoms with Crippen molar-refractivity contribution in [3.8, 4) is 23.5 Å².